The SMILES string of the molecule is COc1cccc(CNC(=O)CCCn2c(=O)[nH]c3ccccc3c2=O)c1. The van der Waals surface area contributed by atoms with Gasteiger partial charge in [-0.3, -0.25) is 14.2 Å². The topological polar surface area (TPSA) is 93.2 Å². The fourth-order valence-electron chi connectivity index (χ4n) is 2.87. The molecule has 3 aromatic rings. The number of carbonyl (C=O) groups is 1. The van der Waals surface area contributed by atoms with Crippen LogP contribution in [0.2, 0.25) is 0 Å². The quantitative estimate of drug-likeness (QED) is 0.666. The molecule has 1 heterocycles. The van der Waals surface area contributed by atoms with Gasteiger partial charge in [0.05, 0.1) is 18.0 Å². The third-order valence-corrected chi connectivity index (χ3v) is 4.30. The van der Waals surface area contributed by atoms with Crippen LogP contribution >= 0.6 is 0 Å². The van der Waals surface area contributed by atoms with Gasteiger partial charge in [0, 0.05) is 19.5 Å². The van der Waals surface area contributed by atoms with E-state index in [0.717, 1.165) is 15.9 Å². The maximum absolute atomic E-state index is 12.4. The number of nitrogens with one attached hydrogen (secondary N) is 2. The van der Waals surface area contributed by atoms with Crippen LogP contribution in [0.15, 0.2) is 58.1 Å². The number of hydrogen-bond donors (Lipinski definition) is 2. The summed E-state index contributed by atoms with van der Waals surface area (Å²) in [5, 5.41) is 3.29. The third kappa shape index (κ3) is 4.44. The molecule has 0 spiro atoms. The second-order valence-corrected chi connectivity index (χ2v) is 6.16. The fourth-order valence-corrected chi connectivity index (χ4v) is 2.87. The Kier molecular flexibility index (Phi) is 5.71. The molecule has 0 bridgehead atoms. The summed E-state index contributed by atoms with van der Waals surface area (Å²) in [6.07, 6.45) is 0.619. The highest BCUT2D eigenvalue weighted by molar-refractivity contribution is 5.77. The molecule has 140 valence electrons. The van der Waals surface area contributed by atoms with Crippen molar-refractivity contribution in [2.45, 2.75) is 25.9 Å². The highest BCUT2D eigenvalue weighted by atomic mass is 16.5. The number of methoxy groups -OCH3 is 1. The molecule has 3 rings (SSSR count). The Labute approximate surface area is 155 Å². The summed E-state index contributed by atoms with van der Waals surface area (Å²) < 4.78 is 6.29. The lowest BCUT2D eigenvalue weighted by atomic mass is 10.2. The number of carbonyl (C=O) groups excluding carboxylic acids is 1. The standard InChI is InChI=1S/C20H21N3O4/c1-27-15-7-4-6-14(12-15)13-21-18(24)10-5-11-23-19(25)16-8-2-3-9-17(16)22-20(23)26/h2-4,6-9,12H,5,10-11,13H2,1H3,(H,21,24)(H,22,26). The van der Waals surface area contributed by atoms with E-state index >= 15 is 0 Å². The Bertz CT molecular complexity index is 1070. The van der Waals surface area contributed by atoms with Crippen molar-refractivity contribution in [2.75, 3.05) is 7.11 Å². The van der Waals surface area contributed by atoms with Gasteiger partial charge in [0.25, 0.3) is 5.56 Å². The average molecular weight is 367 g/mol. The molecular formula is C20H21N3O4. The lowest BCUT2D eigenvalue weighted by Gasteiger charge is -2.08. The van der Waals surface area contributed by atoms with Crippen molar-refractivity contribution >= 4 is 16.8 Å². The molecule has 0 aliphatic rings. The first-order valence-electron chi connectivity index (χ1n) is 8.70. The van der Waals surface area contributed by atoms with Gasteiger partial charge in [-0.2, -0.15) is 0 Å². The molecule has 2 N–H and O–H groups in total. The van der Waals surface area contributed by atoms with Gasteiger partial charge in [-0.25, -0.2) is 4.79 Å². The minimum Gasteiger partial charge on any atom is -0.497 e. The van der Waals surface area contributed by atoms with Crippen molar-refractivity contribution in [1.82, 2.24) is 14.9 Å². The molecule has 0 fully saturated rings. The molecule has 2 aromatic carbocycles. The van der Waals surface area contributed by atoms with Crippen molar-refractivity contribution < 1.29 is 9.53 Å². The average Bonchev–Trinajstić information content (AvgIpc) is 2.69. The van der Waals surface area contributed by atoms with Crippen LogP contribution in [0.3, 0.4) is 0 Å². The maximum Gasteiger partial charge on any atom is 0.328 e. The monoisotopic (exact) mass is 367 g/mol. The summed E-state index contributed by atoms with van der Waals surface area (Å²) in [4.78, 5) is 39.2. The van der Waals surface area contributed by atoms with E-state index in [9.17, 15) is 14.4 Å². The van der Waals surface area contributed by atoms with Crippen LogP contribution in [0.4, 0.5) is 0 Å². The number of amides is 1. The predicted octanol–water partition coefficient (Wildman–Crippen LogP) is 1.79. The number of H-pyrrole nitrogens is 1. The fraction of sp³-hybridized carbons (Fsp3) is 0.250. The van der Waals surface area contributed by atoms with E-state index < -0.39 is 5.69 Å². The zero-order valence-corrected chi connectivity index (χ0v) is 15.0. The van der Waals surface area contributed by atoms with Gasteiger partial charge >= 0.3 is 5.69 Å². The first-order valence-corrected chi connectivity index (χ1v) is 8.70. The molecule has 0 saturated carbocycles. The molecular weight excluding hydrogens is 346 g/mol. The zero-order valence-electron chi connectivity index (χ0n) is 15.0. The molecule has 7 nitrogen and oxygen atoms in total. The van der Waals surface area contributed by atoms with Gasteiger partial charge in [0.2, 0.25) is 5.91 Å². The van der Waals surface area contributed by atoms with E-state index in [4.69, 9.17) is 4.74 Å². The Morgan fingerprint density at radius 3 is 2.78 bits per heavy atom. The van der Waals surface area contributed by atoms with Crippen molar-refractivity contribution in [3.63, 3.8) is 0 Å². The van der Waals surface area contributed by atoms with E-state index in [2.05, 4.69) is 10.3 Å². The van der Waals surface area contributed by atoms with E-state index in [-0.39, 0.29) is 24.4 Å². The molecule has 27 heavy (non-hydrogen) atoms. The van der Waals surface area contributed by atoms with Gasteiger partial charge < -0.3 is 15.0 Å². The first-order chi connectivity index (χ1) is 13.1. The second-order valence-electron chi connectivity index (χ2n) is 6.16. The second kappa shape index (κ2) is 8.35. The Morgan fingerprint density at radius 2 is 1.96 bits per heavy atom. The summed E-state index contributed by atoms with van der Waals surface area (Å²) in [6.45, 7) is 0.581. The summed E-state index contributed by atoms with van der Waals surface area (Å²) in [6, 6.07) is 14.3. The van der Waals surface area contributed by atoms with Gasteiger partial charge in [-0.15, -0.1) is 0 Å². The van der Waals surface area contributed by atoms with Crippen LogP contribution in [-0.2, 0) is 17.9 Å². The van der Waals surface area contributed by atoms with Gasteiger partial charge in [0.15, 0.2) is 0 Å². The highest BCUT2D eigenvalue weighted by Gasteiger charge is 2.08. The van der Waals surface area contributed by atoms with Crippen LogP contribution < -0.4 is 21.3 Å². The summed E-state index contributed by atoms with van der Waals surface area (Å²) in [5.41, 5.74) is 0.645. The molecule has 1 aromatic heterocycles. The minimum absolute atomic E-state index is 0.136. The van der Waals surface area contributed by atoms with E-state index in [1.165, 1.54) is 0 Å². The predicted molar refractivity (Wildman–Crippen MR) is 103 cm³/mol. The van der Waals surface area contributed by atoms with Gasteiger partial charge in [0.1, 0.15) is 5.75 Å². The third-order valence-electron chi connectivity index (χ3n) is 4.30. The lowest BCUT2D eigenvalue weighted by molar-refractivity contribution is -0.121. The van der Waals surface area contributed by atoms with E-state index in [1.54, 1.807) is 31.4 Å². The molecule has 1 amide bonds. The number of fused-ring (bicyclic) bond motifs is 1. The zero-order chi connectivity index (χ0) is 19.2. The van der Waals surface area contributed by atoms with Crippen LogP contribution in [0, 0.1) is 0 Å². The molecule has 0 saturated heterocycles. The number of para-hydroxylation sites is 1. The Morgan fingerprint density at radius 1 is 1.15 bits per heavy atom. The van der Waals surface area contributed by atoms with Gasteiger partial charge in [-0.05, 0) is 36.2 Å². The Balaban J connectivity index is 1.56. The smallest absolute Gasteiger partial charge is 0.328 e. The summed E-state index contributed by atoms with van der Waals surface area (Å²) in [7, 11) is 1.59. The van der Waals surface area contributed by atoms with Crippen LogP contribution in [0.5, 0.6) is 5.75 Å². The molecule has 0 radical (unpaired) electrons. The molecule has 0 unspecified atom stereocenters. The molecule has 0 aliphatic carbocycles. The highest BCUT2D eigenvalue weighted by Crippen LogP contribution is 2.12. The van der Waals surface area contributed by atoms with Crippen molar-refractivity contribution in [3.8, 4) is 5.75 Å². The molecule has 0 aliphatic heterocycles. The number of hydrogen-bond acceptors (Lipinski definition) is 4. The number of benzene rings is 2. The van der Waals surface area contributed by atoms with Crippen molar-refractivity contribution in [2.24, 2.45) is 0 Å². The number of rotatable bonds is 7. The number of aromatic nitrogens is 2. The molecule has 7 heteroatoms. The van der Waals surface area contributed by atoms with E-state index in [1.807, 2.05) is 24.3 Å². The van der Waals surface area contributed by atoms with E-state index in [0.29, 0.717) is 23.9 Å². The normalized spacial score (nSPS) is 10.7. The Hall–Kier alpha value is -3.35. The van der Waals surface area contributed by atoms with Crippen LogP contribution in [0.1, 0.15) is 18.4 Å². The first kappa shape index (κ1) is 18.4. The largest absolute Gasteiger partial charge is 0.497 e. The van der Waals surface area contributed by atoms with Crippen molar-refractivity contribution in [3.05, 3.63) is 74.9 Å². The lowest BCUT2D eigenvalue weighted by Crippen LogP contribution is -2.35. The van der Waals surface area contributed by atoms with Crippen LogP contribution in [0.25, 0.3) is 10.9 Å². The number of aromatic amines is 1. The number of ether oxygens (including phenoxy) is 1. The number of nitrogens with zero attached hydrogens (tertiary/aromatic N) is 1. The summed E-state index contributed by atoms with van der Waals surface area (Å²) in [5.74, 6) is 0.597. The van der Waals surface area contributed by atoms with Crippen molar-refractivity contribution in [1.29, 1.82) is 0 Å². The molecule has 0 atom stereocenters. The minimum atomic E-state index is -0.463. The van der Waals surface area contributed by atoms with Gasteiger partial charge in [-0.1, -0.05) is 24.3 Å². The summed E-state index contributed by atoms with van der Waals surface area (Å²) >= 11 is 0. The maximum atomic E-state index is 12.4. The van der Waals surface area contributed by atoms with Crippen LogP contribution in [-0.4, -0.2) is 22.6 Å².